The lowest BCUT2D eigenvalue weighted by Gasteiger charge is -2.27. The summed E-state index contributed by atoms with van der Waals surface area (Å²) >= 11 is 0. The first-order valence-electron chi connectivity index (χ1n) is 8.71. The van der Waals surface area contributed by atoms with Gasteiger partial charge in [0.2, 0.25) is 0 Å². The molecule has 0 saturated carbocycles. The number of nitrogens with zero attached hydrogens (tertiary/aromatic N) is 5. The fourth-order valence-electron chi connectivity index (χ4n) is 3.05. The van der Waals surface area contributed by atoms with Gasteiger partial charge in [-0.05, 0) is 43.9 Å². The molecule has 134 valence electrons. The summed E-state index contributed by atoms with van der Waals surface area (Å²) in [6, 6.07) is 3.54. The van der Waals surface area contributed by atoms with Crippen LogP contribution in [0.1, 0.15) is 43.6 Å². The molecule has 8 nitrogen and oxygen atoms in total. The first kappa shape index (κ1) is 17.2. The van der Waals surface area contributed by atoms with Gasteiger partial charge in [-0.25, -0.2) is 9.78 Å². The van der Waals surface area contributed by atoms with Gasteiger partial charge in [0.1, 0.15) is 12.1 Å². The van der Waals surface area contributed by atoms with Crippen molar-refractivity contribution in [3.8, 4) is 0 Å². The SMILES string of the molecule is CC(NC(=O)NCc1ccnc(N2CCCCC2)c1)c1nncn1C. The Morgan fingerprint density at radius 2 is 2.12 bits per heavy atom. The van der Waals surface area contributed by atoms with E-state index in [1.54, 1.807) is 17.1 Å². The second kappa shape index (κ2) is 7.96. The maximum absolute atomic E-state index is 12.1. The number of carbonyl (C=O) groups is 1. The van der Waals surface area contributed by atoms with Crippen molar-refractivity contribution in [1.82, 2.24) is 30.4 Å². The van der Waals surface area contributed by atoms with Crippen molar-refractivity contribution in [2.75, 3.05) is 18.0 Å². The maximum atomic E-state index is 12.1. The molecule has 1 fully saturated rings. The fourth-order valence-corrected chi connectivity index (χ4v) is 3.05. The third-order valence-electron chi connectivity index (χ3n) is 4.42. The van der Waals surface area contributed by atoms with Crippen LogP contribution < -0.4 is 15.5 Å². The van der Waals surface area contributed by atoms with E-state index in [9.17, 15) is 4.79 Å². The van der Waals surface area contributed by atoms with E-state index in [-0.39, 0.29) is 12.1 Å². The van der Waals surface area contributed by atoms with Crippen LogP contribution in [0, 0.1) is 0 Å². The number of pyridine rings is 1. The Balaban J connectivity index is 1.52. The van der Waals surface area contributed by atoms with Gasteiger partial charge in [0.25, 0.3) is 0 Å². The highest BCUT2D eigenvalue weighted by atomic mass is 16.2. The van der Waals surface area contributed by atoms with Crippen LogP contribution in [0.2, 0.25) is 0 Å². The van der Waals surface area contributed by atoms with Crippen molar-refractivity contribution < 1.29 is 4.79 Å². The molecule has 2 N–H and O–H groups in total. The highest BCUT2D eigenvalue weighted by Gasteiger charge is 2.15. The van der Waals surface area contributed by atoms with Gasteiger partial charge >= 0.3 is 6.03 Å². The first-order valence-corrected chi connectivity index (χ1v) is 8.71. The van der Waals surface area contributed by atoms with Gasteiger partial charge in [-0.3, -0.25) is 0 Å². The lowest BCUT2D eigenvalue weighted by molar-refractivity contribution is 0.237. The smallest absolute Gasteiger partial charge is 0.315 e. The number of rotatable bonds is 5. The number of hydrogen-bond acceptors (Lipinski definition) is 5. The van der Waals surface area contributed by atoms with Crippen molar-refractivity contribution in [2.45, 2.75) is 38.8 Å². The summed E-state index contributed by atoms with van der Waals surface area (Å²) in [5.74, 6) is 1.71. The van der Waals surface area contributed by atoms with Crippen molar-refractivity contribution in [2.24, 2.45) is 7.05 Å². The molecule has 1 unspecified atom stereocenters. The van der Waals surface area contributed by atoms with E-state index < -0.39 is 0 Å². The van der Waals surface area contributed by atoms with Gasteiger partial charge < -0.3 is 20.1 Å². The predicted molar refractivity (Wildman–Crippen MR) is 95.1 cm³/mol. The fraction of sp³-hybridized carbons (Fsp3) is 0.529. The van der Waals surface area contributed by atoms with E-state index in [2.05, 4.69) is 36.8 Å². The molecule has 0 spiro atoms. The van der Waals surface area contributed by atoms with Crippen LogP contribution in [0.15, 0.2) is 24.7 Å². The Labute approximate surface area is 147 Å². The third kappa shape index (κ3) is 4.46. The minimum Gasteiger partial charge on any atom is -0.357 e. The minimum atomic E-state index is -0.230. The second-order valence-corrected chi connectivity index (χ2v) is 6.42. The van der Waals surface area contributed by atoms with Gasteiger partial charge in [0.15, 0.2) is 5.82 Å². The molecule has 3 heterocycles. The molecule has 3 rings (SSSR count). The number of anilines is 1. The molecule has 0 aliphatic carbocycles. The van der Waals surface area contributed by atoms with E-state index in [1.165, 1.54) is 19.3 Å². The monoisotopic (exact) mass is 343 g/mol. The van der Waals surface area contributed by atoms with Crippen molar-refractivity contribution >= 4 is 11.8 Å². The molecule has 25 heavy (non-hydrogen) atoms. The number of amides is 2. The number of nitrogens with one attached hydrogen (secondary N) is 2. The average molecular weight is 343 g/mol. The van der Waals surface area contributed by atoms with E-state index in [0.29, 0.717) is 12.4 Å². The van der Waals surface area contributed by atoms with Crippen LogP contribution in [-0.2, 0) is 13.6 Å². The Bertz CT molecular complexity index is 709. The van der Waals surface area contributed by atoms with Crippen LogP contribution in [0.5, 0.6) is 0 Å². The molecule has 0 aromatic carbocycles. The molecule has 0 radical (unpaired) electrons. The Kier molecular flexibility index (Phi) is 5.47. The van der Waals surface area contributed by atoms with E-state index in [0.717, 1.165) is 24.5 Å². The van der Waals surface area contributed by atoms with Gasteiger partial charge in [-0.2, -0.15) is 0 Å². The highest BCUT2D eigenvalue weighted by Crippen LogP contribution is 2.18. The van der Waals surface area contributed by atoms with Gasteiger partial charge in [-0.1, -0.05) is 0 Å². The summed E-state index contributed by atoms with van der Waals surface area (Å²) in [4.78, 5) is 18.9. The molecule has 1 atom stereocenters. The van der Waals surface area contributed by atoms with Gasteiger partial charge in [0.05, 0.1) is 6.04 Å². The summed E-state index contributed by atoms with van der Waals surface area (Å²) in [6.07, 6.45) is 7.15. The summed E-state index contributed by atoms with van der Waals surface area (Å²) in [5, 5.41) is 13.6. The summed E-state index contributed by atoms with van der Waals surface area (Å²) < 4.78 is 1.79. The first-order chi connectivity index (χ1) is 12.1. The van der Waals surface area contributed by atoms with Crippen molar-refractivity contribution in [3.63, 3.8) is 0 Å². The largest absolute Gasteiger partial charge is 0.357 e. The molecule has 0 bridgehead atoms. The number of carbonyl (C=O) groups excluding carboxylic acids is 1. The average Bonchev–Trinajstić information content (AvgIpc) is 3.07. The molecule has 2 amide bonds. The lowest BCUT2D eigenvalue weighted by atomic mass is 10.1. The predicted octanol–water partition coefficient (Wildman–Crippen LogP) is 1.76. The Hall–Kier alpha value is -2.64. The summed E-state index contributed by atoms with van der Waals surface area (Å²) in [5.41, 5.74) is 1.04. The second-order valence-electron chi connectivity index (χ2n) is 6.42. The van der Waals surface area contributed by atoms with Crippen LogP contribution in [0.3, 0.4) is 0 Å². The van der Waals surface area contributed by atoms with E-state index in [1.807, 2.05) is 20.0 Å². The molecule has 1 aliphatic rings. The number of urea groups is 1. The maximum Gasteiger partial charge on any atom is 0.315 e. The summed E-state index contributed by atoms with van der Waals surface area (Å²) in [6.45, 7) is 4.45. The van der Waals surface area contributed by atoms with Crippen LogP contribution in [-0.4, -0.2) is 38.9 Å². The molecule has 8 heteroatoms. The van der Waals surface area contributed by atoms with E-state index >= 15 is 0 Å². The standard InChI is InChI=1S/C17H25N7O/c1-13(16-22-20-12-23(16)2)21-17(25)19-11-14-6-7-18-15(10-14)24-8-4-3-5-9-24/h6-7,10,12-13H,3-5,8-9,11H2,1-2H3,(H2,19,21,25). The number of hydrogen-bond donors (Lipinski definition) is 2. The van der Waals surface area contributed by atoms with Gasteiger partial charge in [-0.15, -0.1) is 10.2 Å². The molecule has 1 aliphatic heterocycles. The number of aromatic nitrogens is 4. The number of aryl methyl sites for hydroxylation is 1. The topological polar surface area (TPSA) is 88.0 Å². The molecular formula is C17H25N7O. The normalized spacial score (nSPS) is 15.7. The van der Waals surface area contributed by atoms with E-state index in [4.69, 9.17) is 0 Å². The molecular weight excluding hydrogens is 318 g/mol. The highest BCUT2D eigenvalue weighted by molar-refractivity contribution is 5.74. The van der Waals surface area contributed by atoms with Crippen molar-refractivity contribution in [1.29, 1.82) is 0 Å². The van der Waals surface area contributed by atoms with Crippen LogP contribution in [0.25, 0.3) is 0 Å². The number of piperidine rings is 1. The Morgan fingerprint density at radius 3 is 2.84 bits per heavy atom. The zero-order valence-corrected chi connectivity index (χ0v) is 14.8. The zero-order valence-electron chi connectivity index (χ0n) is 14.8. The van der Waals surface area contributed by atoms with Crippen LogP contribution in [0.4, 0.5) is 10.6 Å². The van der Waals surface area contributed by atoms with Gasteiger partial charge in [0, 0.05) is 32.9 Å². The molecule has 1 saturated heterocycles. The van der Waals surface area contributed by atoms with Crippen molar-refractivity contribution in [3.05, 3.63) is 36.0 Å². The minimum absolute atomic E-state index is 0.214. The molecule has 2 aromatic heterocycles. The molecule has 2 aromatic rings. The third-order valence-corrected chi connectivity index (χ3v) is 4.42. The zero-order chi connectivity index (χ0) is 17.6. The quantitative estimate of drug-likeness (QED) is 0.864. The lowest BCUT2D eigenvalue weighted by Crippen LogP contribution is -2.37. The summed E-state index contributed by atoms with van der Waals surface area (Å²) in [7, 11) is 1.85. The Morgan fingerprint density at radius 1 is 1.32 bits per heavy atom. The van der Waals surface area contributed by atoms with Crippen LogP contribution >= 0.6 is 0 Å².